The Balaban J connectivity index is 1.76. The Morgan fingerprint density at radius 3 is 2.32 bits per heavy atom. The van der Waals surface area contributed by atoms with Gasteiger partial charge in [0.2, 0.25) is 0 Å². The van der Waals surface area contributed by atoms with Gasteiger partial charge in [-0.1, -0.05) is 24.3 Å². The fourth-order valence-electron chi connectivity index (χ4n) is 2.82. The molecule has 0 bridgehead atoms. The predicted octanol–water partition coefficient (Wildman–Crippen LogP) is 2.81. The third-order valence-electron chi connectivity index (χ3n) is 4.06. The number of rotatable bonds is 5. The molecule has 0 spiro atoms. The van der Waals surface area contributed by atoms with Crippen LogP contribution in [0.25, 0.3) is 0 Å². The Hall–Kier alpha value is -2.96. The van der Waals surface area contributed by atoms with Gasteiger partial charge in [0.1, 0.15) is 29.5 Å². The third-order valence-corrected chi connectivity index (χ3v) is 4.06. The van der Waals surface area contributed by atoms with Gasteiger partial charge in [-0.25, -0.2) is 13.6 Å². The van der Waals surface area contributed by atoms with Crippen LogP contribution in [0.15, 0.2) is 48.5 Å². The minimum absolute atomic E-state index is 0.0365. The Morgan fingerprint density at radius 1 is 1.04 bits per heavy atom. The molecule has 2 aromatic carbocycles. The van der Waals surface area contributed by atoms with Crippen LogP contribution in [0.2, 0.25) is 0 Å². The topological polar surface area (TPSA) is 58.6 Å². The van der Waals surface area contributed by atoms with E-state index < -0.39 is 34.7 Å². The molecule has 7 heteroatoms. The molecule has 1 saturated heterocycles. The number of carbonyl (C=O) groups excluding carboxylic acids is 2. The molecule has 2 aromatic rings. The first-order valence-electron chi connectivity index (χ1n) is 7.70. The van der Waals surface area contributed by atoms with Crippen molar-refractivity contribution in [3.63, 3.8) is 0 Å². The van der Waals surface area contributed by atoms with Crippen LogP contribution in [0, 0.1) is 11.6 Å². The number of nitrogens with one attached hydrogen (secondary N) is 1. The molecule has 0 saturated carbocycles. The molecule has 3 rings (SSSR count). The molecule has 0 radical (unpaired) electrons. The number of nitrogens with zero attached hydrogens (tertiary/aromatic N) is 1. The van der Waals surface area contributed by atoms with Crippen LogP contribution in [0.3, 0.4) is 0 Å². The third kappa shape index (κ3) is 3.05. The van der Waals surface area contributed by atoms with Crippen molar-refractivity contribution in [3.05, 3.63) is 65.7 Å². The maximum absolute atomic E-state index is 14.1. The average Bonchev–Trinajstić information content (AvgIpc) is 2.79. The molecule has 1 atom stereocenters. The number of hydrogen-bond donors (Lipinski definition) is 1. The molecular formula is C18H16F2N2O3. The van der Waals surface area contributed by atoms with Crippen LogP contribution in [-0.2, 0) is 10.3 Å². The summed E-state index contributed by atoms with van der Waals surface area (Å²) in [5.41, 5.74) is -2.26. The number of imide groups is 1. The number of halogens is 2. The molecule has 1 aliphatic rings. The normalized spacial score (nSPS) is 19.9. The van der Waals surface area contributed by atoms with E-state index in [4.69, 9.17) is 4.74 Å². The van der Waals surface area contributed by atoms with Crippen molar-refractivity contribution in [1.82, 2.24) is 10.2 Å². The summed E-state index contributed by atoms with van der Waals surface area (Å²) >= 11 is 0. The highest BCUT2D eigenvalue weighted by molar-refractivity contribution is 6.07. The number of para-hydroxylation sites is 1. The second-order valence-corrected chi connectivity index (χ2v) is 5.77. The van der Waals surface area contributed by atoms with Crippen molar-refractivity contribution < 1.29 is 23.1 Å². The van der Waals surface area contributed by atoms with Gasteiger partial charge in [0.05, 0.1) is 12.1 Å². The first-order valence-corrected chi connectivity index (χ1v) is 7.70. The zero-order valence-electron chi connectivity index (χ0n) is 13.5. The van der Waals surface area contributed by atoms with Crippen LogP contribution >= 0.6 is 0 Å². The van der Waals surface area contributed by atoms with Gasteiger partial charge in [-0.05, 0) is 31.2 Å². The Bertz CT molecular complexity index is 793. The average molecular weight is 346 g/mol. The van der Waals surface area contributed by atoms with Crippen molar-refractivity contribution in [3.8, 4) is 5.75 Å². The quantitative estimate of drug-likeness (QED) is 0.847. The molecule has 0 aliphatic carbocycles. The van der Waals surface area contributed by atoms with Crippen molar-refractivity contribution in [2.24, 2.45) is 0 Å². The number of hydrogen-bond acceptors (Lipinski definition) is 3. The molecule has 130 valence electrons. The van der Waals surface area contributed by atoms with Crippen molar-refractivity contribution in [1.29, 1.82) is 0 Å². The van der Waals surface area contributed by atoms with Crippen molar-refractivity contribution >= 4 is 11.9 Å². The molecule has 25 heavy (non-hydrogen) atoms. The first-order chi connectivity index (χ1) is 11.9. The van der Waals surface area contributed by atoms with Gasteiger partial charge in [-0.3, -0.25) is 9.69 Å². The molecule has 3 amide bonds. The van der Waals surface area contributed by atoms with Gasteiger partial charge < -0.3 is 10.1 Å². The van der Waals surface area contributed by atoms with Crippen molar-refractivity contribution in [2.75, 3.05) is 13.2 Å². The number of amides is 3. The molecule has 1 heterocycles. The van der Waals surface area contributed by atoms with E-state index in [1.807, 2.05) is 6.07 Å². The molecule has 1 fully saturated rings. The van der Waals surface area contributed by atoms with E-state index in [9.17, 15) is 18.4 Å². The fraction of sp³-hybridized carbons (Fsp3) is 0.222. The number of ether oxygens (including phenoxy) is 1. The van der Waals surface area contributed by atoms with Gasteiger partial charge in [-0.15, -0.1) is 0 Å². The van der Waals surface area contributed by atoms with E-state index in [0.29, 0.717) is 5.75 Å². The van der Waals surface area contributed by atoms with Crippen LogP contribution in [-0.4, -0.2) is 30.0 Å². The van der Waals surface area contributed by atoms with Gasteiger partial charge in [0, 0.05) is 0 Å². The lowest BCUT2D eigenvalue weighted by Crippen LogP contribution is -2.43. The van der Waals surface area contributed by atoms with Gasteiger partial charge in [0.25, 0.3) is 5.91 Å². The van der Waals surface area contributed by atoms with Gasteiger partial charge in [0.15, 0.2) is 0 Å². The highest BCUT2D eigenvalue weighted by Crippen LogP contribution is 2.32. The monoisotopic (exact) mass is 346 g/mol. The van der Waals surface area contributed by atoms with Gasteiger partial charge in [-0.2, -0.15) is 0 Å². The summed E-state index contributed by atoms with van der Waals surface area (Å²) in [7, 11) is 0. The summed E-state index contributed by atoms with van der Waals surface area (Å²) in [4.78, 5) is 25.7. The lowest BCUT2D eigenvalue weighted by atomic mass is 9.91. The highest BCUT2D eigenvalue weighted by Gasteiger charge is 2.51. The highest BCUT2D eigenvalue weighted by atomic mass is 19.1. The van der Waals surface area contributed by atoms with Crippen molar-refractivity contribution in [2.45, 2.75) is 12.5 Å². The van der Waals surface area contributed by atoms with E-state index >= 15 is 0 Å². The first kappa shape index (κ1) is 16.9. The van der Waals surface area contributed by atoms with E-state index in [1.54, 1.807) is 24.3 Å². The number of urea groups is 1. The molecule has 1 N–H and O–H groups in total. The summed E-state index contributed by atoms with van der Waals surface area (Å²) in [5.74, 6) is -1.91. The summed E-state index contributed by atoms with van der Waals surface area (Å²) < 4.78 is 33.6. The smallest absolute Gasteiger partial charge is 0.325 e. The standard InChI is InChI=1S/C18H16F2N2O3/c1-18(15-13(19)8-5-9-14(15)20)16(23)22(17(24)21-18)10-11-25-12-6-3-2-4-7-12/h2-9H,10-11H2,1H3,(H,21,24). The van der Waals surface area contributed by atoms with Crippen LogP contribution in [0.1, 0.15) is 12.5 Å². The maximum atomic E-state index is 14.1. The molecule has 5 nitrogen and oxygen atoms in total. The fourth-order valence-corrected chi connectivity index (χ4v) is 2.82. The Kier molecular flexibility index (Phi) is 4.39. The summed E-state index contributed by atoms with van der Waals surface area (Å²) in [6.07, 6.45) is 0. The zero-order chi connectivity index (χ0) is 18.0. The SMILES string of the molecule is CC1(c2c(F)cccc2F)NC(=O)N(CCOc2ccccc2)C1=O. The van der Waals surface area contributed by atoms with E-state index in [2.05, 4.69) is 5.32 Å². The maximum Gasteiger partial charge on any atom is 0.325 e. The largest absolute Gasteiger partial charge is 0.492 e. The van der Waals surface area contributed by atoms with E-state index in [1.165, 1.54) is 13.0 Å². The summed E-state index contributed by atoms with van der Waals surface area (Å²) in [6, 6.07) is 11.5. The minimum atomic E-state index is -1.79. The number of benzene rings is 2. The Morgan fingerprint density at radius 2 is 1.68 bits per heavy atom. The lowest BCUT2D eigenvalue weighted by molar-refractivity contribution is -0.131. The molecule has 1 aliphatic heterocycles. The van der Waals surface area contributed by atoms with E-state index in [-0.39, 0.29) is 13.2 Å². The van der Waals surface area contributed by atoms with Gasteiger partial charge >= 0.3 is 6.03 Å². The van der Waals surface area contributed by atoms with Crippen LogP contribution in [0.4, 0.5) is 13.6 Å². The summed E-state index contributed by atoms with van der Waals surface area (Å²) in [5, 5.41) is 2.38. The van der Waals surface area contributed by atoms with E-state index in [0.717, 1.165) is 17.0 Å². The lowest BCUT2D eigenvalue weighted by Gasteiger charge is -2.23. The second kappa shape index (κ2) is 6.51. The van der Waals surface area contributed by atoms with Crippen LogP contribution < -0.4 is 10.1 Å². The molecular weight excluding hydrogens is 330 g/mol. The zero-order valence-corrected chi connectivity index (χ0v) is 13.5. The van der Waals surface area contributed by atoms with Crippen LogP contribution in [0.5, 0.6) is 5.75 Å². The number of carbonyl (C=O) groups is 2. The second-order valence-electron chi connectivity index (χ2n) is 5.77. The minimum Gasteiger partial charge on any atom is -0.492 e. The summed E-state index contributed by atoms with van der Waals surface area (Å²) in [6.45, 7) is 1.32. The molecule has 1 unspecified atom stereocenters. The Labute approximate surface area is 143 Å². The molecule has 0 aromatic heterocycles. The predicted molar refractivity (Wildman–Crippen MR) is 85.9 cm³/mol.